The molecule has 0 saturated heterocycles. The van der Waals surface area contributed by atoms with Crippen LogP contribution in [0, 0.1) is 11.8 Å². The van der Waals surface area contributed by atoms with Gasteiger partial charge in [-0.15, -0.1) is 0 Å². The third-order valence-corrected chi connectivity index (χ3v) is 3.03. The zero-order valence-corrected chi connectivity index (χ0v) is 8.84. The molecule has 0 radical (unpaired) electrons. The summed E-state index contributed by atoms with van der Waals surface area (Å²) in [7, 11) is 0. The van der Waals surface area contributed by atoms with Crippen molar-refractivity contribution in [2.75, 3.05) is 0 Å². The van der Waals surface area contributed by atoms with Crippen LogP contribution in [0.2, 0.25) is 0 Å². The van der Waals surface area contributed by atoms with Gasteiger partial charge in [0.2, 0.25) is 0 Å². The second-order valence-electron chi connectivity index (χ2n) is 4.83. The maximum absolute atomic E-state index is 11.6. The Hall–Kier alpha value is -0.370. The lowest BCUT2D eigenvalue weighted by Crippen LogP contribution is -2.34. The minimum absolute atomic E-state index is 0.146. The first-order chi connectivity index (χ1) is 5.92. The Balaban J connectivity index is 2.46. The molecular weight excluding hydrogens is 164 g/mol. The molecule has 0 aromatic rings. The van der Waals surface area contributed by atoms with Crippen molar-refractivity contribution in [1.29, 1.82) is 0 Å². The lowest BCUT2D eigenvalue weighted by molar-refractivity contribution is -0.128. The van der Waals surface area contributed by atoms with E-state index in [9.17, 15) is 9.90 Å². The number of hydrogen-bond donors (Lipinski definition) is 1. The summed E-state index contributed by atoms with van der Waals surface area (Å²) in [5, 5.41) is 9.70. The van der Waals surface area contributed by atoms with E-state index in [0.29, 0.717) is 5.78 Å². The SMILES string of the molecule is CC(C)C(=O)[C@H]1CC[C@@](C)(O)CC1. The quantitative estimate of drug-likeness (QED) is 0.714. The summed E-state index contributed by atoms with van der Waals surface area (Å²) in [4.78, 5) is 11.6. The van der Waals surface area contributed by atoms with Gasteiger partial charge in [-0.25, -0.2) is 0 Å². The summed E-state index contributed by atoms with van der Waals surface area (Å²) < 4.78 is 0. The van der Waals surface area contributed by atoms with Crippen molar-refractivity contribution >= 4 is 5.78 Å². The second-order valence-corrected chi connectivity index (χ2v) is 4.83. The van der Waals surface area contributed by atoms with E-state index in [2.05, 4.69) is 0 Å². The summed E-state index contributed by atoms with van der Waals surface area (Å²) in [6.45, 7) is 5.77. The highest BCUT2D eigenvalue weighted by molar-refractivity contribution is 5.82. The molecule has 0 aliphatic heterocycles. The Morgan fingerprint density at radius 2 is 1.85 bits per heavy atom. The lowest BCUT2D eigenvalue weighted by atomic mass is 9.76. The Morgan fingerprint density at radius 3 is 2.23 bits per heavy atom. The number of hydrogen-bond acceptors (Lipinski definition) is 2. The van der Waals surface area contributed by atoms with Gasteiger partial charge >= 0.3 is 0 Å². The summed E-state index contributed by atoms with van der Waals surface area (Å²) in [6, 6.07) is 0. The van der Waals surface area contributed by atoms with E-state index in [4.69, 9.17) is 0 Å². The molecule has 0 unspecified atom stereocenters. The van der Waals surface area contributed by atoms with Gasteiger partial charge < -0.3 is 5.11 Å². The number of Topliss-reactive ketones (excluding diaryl/α,β-unsaturated/α-hetero) is 1. The van der Waals surface area contributed by atoms with Gasteiger partial charge in [0.25, 0.3) is 0 Å². The third kappa shape index (κ3) is 2.80. The van der Waals surface area contributed by atoms with Crippen LogP contribution < -0.4 is 0 Å². The van der Waals surface area contributed by atoms with Crippen LogP contribution in [0.15, 0.2) is 0 Å². The van der Waals surface area contributed by atoms with Crippen molar-refractivity contribution in [2.45, 2.75) is 52.1 Å². The van der Waals surface area contributed by atoms with E-state index in [1.165, 1.54) is 0 Å². The molecule has 0 amide bonds. The van der Waals surface area contributed by atoms with Crippen molar-refractivity contribution in [3.8, 4) is 0 Å². The first-order valence-corrected chi connectivity index (χ1v) is 5.18. The fourth-order valence-electron chi connectivity index (χ4n) is 2.00. The van der Waals surface area contributed by atoms with E-state index >= 15 is 0 Å². The molecule has 2 heteroatoms. The molecule has 1 fully saturated rings. The first kappa shape index (κ1) is 10.7. The Morgan fingerprint density at radius 1 is 1.38 bits per heavy atom. The lowest BCUT2D eigenvalue weighted by Gasteiger charge is -2.32. The van der Waals surface area contributed by atoms with Gasteiger partial charge in [-0.2, -0.15) is 0 Å². The molecule has 1 aliphatic rings. The van der Waals surface area contributed by atoms with Crippen molar-refractivity contribution in [1.82, 2.24) is 0 Å². The van der Waals surface area contributed by atoms with E-state index in [0.717, 1.165) is 25.7 Å². The highest BCUT2D eigenvalue weighted by Crippen LogP contribution is 2.33. The van der Waals surface area contributed by atoms with Gasteiger partial charge in [0.1, 0.15) is 5.78 Å². The van der Waals surface area contributed by atoms with Gasteiger partial charge in [-0.1, -0.05) is 13.8 Å². The third-order valence-electron chi connectivity index (χ3n) is 3.03. The average Bonchev–Trinajstić information content (AvgIpc) is 2.03. The standard InChI is InChI=1S/C11H20O2/c1-8(2)10(12)9-4-6-11(3,13)7-5-9/h8-9,13H,4-7H2,1-3H3/t9-,11+. The van der Waals surface area contributed by atoms with Crippen molar-refractivity contribution in [3.63, 3.8) is 0 Å². The van der Waals surface area contributed by atoms with E-state index in [-0.39, 0.29) is 11.8 Å². The van der Waals surface area contributed by atoms with Crippen LogP contribution in [0.4, 0.5) is 0 Å². The normalized spacial score (nSPS) is 35.0. The van der Waals surface area contributed by atoms with Gasteiger partial charge in [0, 0.05) is 11.8 Å². The molecule has 1 rings (SSSR count). The predicted octanol–water partition coefficient (Wildman–Crippen LogP) is 2.15. The molecule has 1 aliphatic carbocycles. The second kappa shape index (κ2) is 3.79. The zero-order chi connectivity index (χ0) is 10.1. The number of carbonyl (C=O) groups excluding carboxylic acids is 1. The molecule has 0 atom stereocenters. The predicted molar refractivity (Wildman–Crippen MR) is 52.4 cm³/mol. The minimum Gasteiger partial charge on any atom is -0.390 e. The monoisotopic (exact) mass is 184 g/mol. The number of rotatable bonds is 2. The minimum atomic E-state index is -0.520. The molecule has 0 spiro atoms. The van der Waals surface area contributed by atoms with Gasteiger partial charge in [0.05, 0.1) is 5.60 Å². The zero-order valence-electron chi connectivity index (χ0n) is 8.84. The summed E-state index contributed by atoms with van der Waals surface area (Å²) >= 11 is 0. The molecular formula is C11H20O2. The van der Waals surface area contributed by atoms with Crippen LogP contribution in [0.1, 0.15) is 46.5 Å². The smallest absolute Gasteiger partial charge is 0.138 e. The fourth-order valence-corrected chi connectivity index (χ4v) is 2.00. The van der Waals surface area contributed by atoms with Crippen molar-refractivity contribution < 1.29 is 9.90 Å². The van der Waals surface area contributed by atoms with E-state index in [1.54, 1.807) is 0 Å². The highest BCUT2D eigenvalue weighted by Gasteiger charge is 2.32. The van der Waals surface area contributed by atoms with Gasteiger partial charge in [-0.3, -0.25) is 4.79 Å². The molecule has 0 bridgehead atoms. The molecule has 13 heavy (non-hydrogen) atoms. The maximum Gasteiger partial charge on any atom is 0.138 e. The fraction of sp³-hybridized carbons (Fsp3) is 0.909. The highest BCUT2D eigenvalue weighted by atomic mass is 16.3. The van der Waals surface area contributed by atoms with Crippen molar-refractivity contribution in [3.05, 3.63) is 0 Å². The van der Waals surface area contributed by atoms with Crippen LogP contribution >= 0.6 is 0 Å². The number of ketones is 1. The number of aliphatic hydroxyl groups is 1. The van der Waals surface area contributed by atoms with E-state index in [1.807, 2.05) is 20.8 Å². The molecule has 2 nitrogen and oxygen atoms in total. The molecule has 1 N–H and O–H groups in total. The Kier molecular flexibility index (Phi) is 3.12. The van der Waals surface area contributed by atoms with Crippen LogP contribution in [-0.4, -0.2) is 16.5 Å². The summed E-state index contributed by atoms with van der Waals surface area (Å²) in [6.07, 6.45) is 3.28. The van der Waals surface area contributed by atoms with Crippen LogP contribution in [-0.2, 0) is 4.79 Å². The van der Waals surface area contributed by atoms with Gasteiger partial charge in [-0.05, 0) is 32.6 Å². The van der Waals surface area contributed by atoms with Crippen LogP contribution in [0.25, 0.3) is 0 Å². The molecule has 0 heterocycles. The average molecular weight is 184 g/mol. The number of carbonyl (C=O) groups is 1. The molecule has 0 aromatic carbocycles. The molecule has 1 saturated carbocycles. The molecule has 76 valence electrons. The summed E-state index contributed by atoms with van der Waals surface area (Å²) in [5.41, 5.74) is -0.520. The van der Waals surface area contributed by atoms with Gasteiger partial charge in [0.15, 0.2) is 0 Å². The topological polar surface area (TPSA) is 37.3 Å². The van der Waals surface area contributed by atoms with Crippen LogP contribution in [0.5, 0.6) is 0 Å². The Labute approximate surface area is 80.3 Å². The van der Waals surface area contributed by atoms with E-state index < -0.39 is 5.60 Å². The molecule has 0 aromatic heterocycles. The maximum atomic E-state index is 11.6. The first-order valence-electron chi connectivity index (χ1n) is 5.18. The van der Waals surface area contributed by atoms with Crippen molar-refractivity contribution in [2.24, 2.45) is 11.8 Å². The van der Waals surface area contributed by atoms with Crippen LogP contribution in [0.3, 0.4) is 0 Å². The Bertz CT molecular complexity index is 184. The largest absolute Gasteiger partial charge is 0.390 e. The summed E-state index contributed by atoms with van der Waals surface area (Å²) in [5.74, 6) is 0.726.